The van der Waals surface area contributed by atoms with Gasteiger partial charge in [0, 0.05) is 23.9 Å². The molecule has 3 saturated heterocycles. The van der Waals surface area contributed by atoms with Crippen molar-refractivity contribution in [3.8, 4) is 0 Å². The first-order valence-corrected chi connectivity index (χ1v) is 33.0. The van der Waals surface area contributed by atoms with E-state index < -0.39 is 0 Å². The average Bonchev–Trinajstić information content (AvgIpc) is 3.08. The molecular weight excluding hydrogens is 955 g/mol. The molecule has 0 spiro atoms. The molecule has 0 unspecified atom stereocenters. The van der Waals surface area contributed by atoms with Crippen molar-refractivity contribution >= 4 is 43.0 Å². The number of hydrogen-bond acceptors (Lipinski definition) is 4. The van der Waals surface area contributed by atoms with Crippen molar-refractivity contribution in [1.29, 1.82) is 0 Å². The number of ketones is 1. The molecule has 0 radical (unpaired) electrons. The van der Waals surface area contributed by atoms with E-state index in [9.17, 15) is 4.79 Å². The van der Waals surface area contributed by atoms with Gasteiger partial charge in [0.05, 0.1) is 0 Å². The molecule has 0 atom stereocenters. The zero-order chi connectivity index (χ0) is 35.6. The third-order valence-corrected chi connectivity index (χ3v) is 13.3. The summed E-state index contributed by atoms with van der Waals surface area (Å²) in [5.41, 5.74) is 1.10. The molecule has 0 aromatic heterocycles. The first-order chi connectivity index (χ1) is 22.8. The molecule has 3 aliphatic heterocycles. The van der Waals surface area contributed by atoms with Crippen LogP contribution in [0.2, 0.25) is 0 Å². The summed E-state index contributed by atoms with van der Waals surface area (Å²) in [5, 5.41) is 3.32. The van der Waals surface area contributed by atoms with Crippen molar-refractivity contribution in [3.05, 3.63) is 0 Å². The second-order valence-corrected chi connectivity index (χ2v) is 34.2. The van der Waals surface area contributed by atoms with Crippen LogP contribution in [0.15, 0.2) is 0 Å². The van der Waals surface area contributed by atoms with Gasteiger partial charge in [-0.25, -0.2) is 0 Å². The van der Waals surface area contributed by atoms with Crippen LogP contribution in [0.1, 0.15) is 186 Å². The van der Waals surface area contributed by atoms with E-state index >= 15 is 0 Å². The summed E-state index contributed by atoms with van der Waals surface area (Å²) in [4.78, 5) is 16.2. The van der Waals surface area contributed by atoms with Gasteiger partial charge in [0.2, 0.25) is 0 Å². The van der Waals surface area contributed by atoms with Gasteiger partial charge in [-0.1, -0.05) is 56.4 Å². The van der Waals surface area contributed by atoms with Gasteiger partial charge in [-0.3, -0.25) is 14.6 Å². The number of halogens is 3. The number of rotatable bonds is 2. The van der Waals surface area contributed by atoms with Gasteiger partial charge < -0.3 is 5.32 Å². The van der Waals surface area contributed by atoms with Gasteiger partial charge in [-0.05, 0) is 191 Å². The van der Waals surface area contributed by atoms with Crippen LogP contribution in [0.5, 0.6) is 0 Å². The maximum atomic E-state index is 10.6. The molecule has 0 bridgehead atoms. The summed E-state index contributed by atoms with van der Waals surface area (Å²) in [6.07, 6.45) is 23.9. The Hall–Kier alpha value is 1.74. The first kappa shape index (κ1) is 51.7. The van der Waals surface area contributed by atoms with Crippen molar-refractivity contribution in [3.63, 3.8) is 0 Å². The van der Waals surface area contributed by atoms with Gasteiger partial charge in [-0.15, -0.1) is 0 Å². The fourth-order valence-electron chi connectivity index (χ4n) is 8.55. The number of Topliss-reactive ketones (excluding diaryl/α,β-unsaturated/α-hetero) is 1. The van der Waals surface area contributed by atoms with Crippen LogP contribution in [-0.2, 0) is 4.79 Å². The molecule has 7 heteroatoms. The molecule has 4 nitrogen and oxygen atoms in total. The molecule has 6 fully saturated rings. The molecule has 0 aromatic rings. The van der Waals surface area contributed by atoms with Gasteiger partial charge in [0.1, 0.15) is 5.78 Å². The van der Waals surface area contributed by atoms with E-state index in [4.69, 9.17) is 0 Å². The summed E-state index contributed by atoms with van der Waals surface area (Å²) in [7, 11) is 0. The van der Waals surface area contributed by atoms with Crippen molar-refractivity contribution < 1.29 is 18.0 Å². The van der Waals surface area contributed by atoms with Crippen LogP contribution >= 0.6 is 37.2 Å². The van der Waals surface area contributed by atoms with E-state index in [1.165, 1.54) is 129 Å². The summed E-state index contributed by atoms with van der Waals surface area (Å²) in [6, 6.07) is 0. The number of nitrogens with one attached hydrogen (secondary N) is 1. The van der Waals surface area contributed by atoms with E-state index in [1.54, 1.807) is 0 Å². The molecule has 0 amide bonds. The quantitative estimate of drug-likeness (QED) is 0.280. The predicted molar refractivity (Wildman–Crippen MR) is 237 cm³/mol. The molecular formula is C43H87I3N3O-. The maximum absolute atomic E-state index is 10.6. The predicted octanol–water partition coefficient (Wildman–Crippen LogP) is 10.2. The molecule has 6 aliphatic rings. The normalized spacial score (nSPS) is 32.2. The molecule has 1 N–H and O–H groups in total. The van der Waals surface area contributed by atoms with Crippen molar-refractivity contribution in [2.45, 2.75) is 197 Å². The Morgan fingerprint density at radius 2 is 0.780 bits per heavy atom. The Labute approximate surface area is 344 Å². The number of nitrogens with zero attached hydrogens (tertiary/aromatic N) is 2. The van der Waals surface area contributed by atoms with Crippen LogP contribution in [-0.4, -0.2) is 65.9 Å². The van der Waals surface area contributed by atoms with Crippen molar-refractivity contribution in [2.75, 3.05) is 39.3 Å². The van der Waals surface area contributed by atoms with Crippen LogP contribution in [0.4, 0.5) is 0 Å². The van der Waals surface area contributed by atoms with E-state index in [1.807, 2.05) is 0 Å². The number of piperidine rings is 3. The Morgan fingerprint density at radius 3 is 1.04 bits per heavy atom. The van der Waals surface area contributed by atoms with Crippen molar-refractivity contribution in [2.24, 2.45) is 35.5 Å². The summed E-state index contributed by atoms with van der Waals surface area (Å²) in [5.74, 6) is 6.11. The zero-order valence-corrected chi connectivity index (χ0v) is 39.3. The first-order valence-electron chi connectivity index (χ1n) is 20.4. The van der Waals surface area contributed by atoms with Gasteiger partial charge >= 0.3 is 50.5 Å². The van der Waals surface area contributed by atoms with E-state index in [0.717, 1.165) is 61.2 Å². The summed E-state index contributed by atoms with van der Waals surface area (Å²) in [6.45, 7) is 27.1. The second kappa shape index (κ2) is 28.2. The van der Waals surface area contributed by atoms with E-state index in [-0.39, 0.29) is 14.9 Å². The average molecular weight is 1040 g/mol. The fourth-order valence-corrected chi connectivity index (χ4v) is 8.55. The Kier molecular flexibility index (Phi) is 29.2. The number of hydrogen-bond donors (Lipinski definition) is 1. The minimum absolute atomic E-state index is 0. The van der Waals surface area contributed by atoms with Gasteiger partial charge in [-0.2, -0.15) is 0 Å². The number of carbonyl (C=O) groups excluding carboxylic acids is 1. The molecule has 3 heterocycles. The van der Waals surface area contributed by atoms with Crippen LogP contribution in [0.3, 0.4) is 0 Å². The monoisotopic (exact) mass is 1040 g/mol. The van der Waals surface area contributed by atoms with Crippen LogP contribution in [0, 0.1) is 35.5 Å². The number of carbonyl (C=O) groups is 1. The number of likely N-dealkylation sites (tertiary alicyclic amines) is 2. The minimum atomic E-state index is 0. The molecule has 302 valence electrons. The second-order valence-electron chi connectivity index (χ2n) is 17.9. The Bertz CT molecular complexity index is 765. The third-order valence-electron chi connectivity index (χ3n) is 13.3. The van der Waals surface area contributed by atoms with Crippen LogP contribution in [0.25, 0.3) is 0 Å². The molecule has 3 aliphatic carbocycles. The zero-order valence-electron chi connectivity index (χ0n) is 32.9. The van der Waals surface area contributed by atoms with Gasteiger partial charge in [0.15, 0.2) is 0 Å². The standard InChI is InChI=1S/2C14H27N.C7H12O.C6H13N.2CH4.I3/c2*1-12-4-8-14(3,9-5-12)15-10-6-13(2)7-11-15;1-6-2-4-7(8)5-3-6;1-6-2-4-7-5-3-6;;;1-3-2/h2*12-13H,4-11H2,1-3H3;6H,2-5H2,1H3;6-7H,2-5H2,1H3;2*1H4;/q;;;;;;-1. The molecule has 6 rings (SSSR count). The molecule has 0 aromatic carbocycles. The SMILES string of the molecule is C.C.CC1CCC(=O)CC1.CC1CCN(C2(C)CCC(C)CC2)CC1.CC1CCN(C2(C)CCC(C)CC2)CC1.CC1CCNCC1.I[I-]I. The third kappa shape index (κ3) is 20.6. The van der Waals surface area contributed by atoms with E-state index in [2.05, 4.69) is 108 Å². The van der Waals surface area contributed by atoms with Crippen LogP contribution < -0.4 is 18.6 Å². The van der Waals surface area contributed by atoms with E-state index in [0.29, 0.717) is 30.1 Å². The molecule has 3 saturated carbocycles. The Morgan fingerprint density at radius 1 is 0.520 bits per heavy atom. The fraction of sp³-hybridized carbons (Fsp3) is 0.977. The molecule has 50 heavy (non-hydrogen) atoms. The Balaban J connectivity index is 0.000000642. The summed E-state index contributed by atoms with van der Waals surface area (Å²) >= 11 is 5.30. The van der Waals surface area contributed by atoms with Gasteiger partial charge in [0.25, 0.3) is 0 Å². The summed E-state index contributed by atoms with van der Waals surface area (Å²) < 4.78 is 0. The topological polar surface area (TPSA) is 35.6 Å². The van der Waals surface area contributed by atoms with Crippen molar-refractivity contribution in [1.82, 2.24) is 15.1 Å².